The van der Waals surface area contributed by atoms with Crippen LogP contribution < -0.4 is 0 Å². The topological polar surface area (TPSA) is 17.1 Å². The molecule has 0 aliphatic rings. The van der Waals surface area contributed by atoms with Crippen LogP contribution in [0.4, 0.5) is 0 Å². The quantitative estimate of drug-likeness (QED) is 0.439. The average Bonchev–Trinajstić information content (AvgIpc) is 2.03. The Morgan fingerprint density at radius 1 is 0.867 bits per heavy atom. The molecule has 0 heterocycles. The van der Waals surface area contributed by atoms with Gasteiger partial charge in [-0.15, -0.1) is 0 Å². The van der Waals surface area contributed by atoms with Crippen LogP contribution in [0.25, 0.3) is 0 Å². The molecule has 0 fully saturated rings. The second-order valence-electron chi connectivity index (χ2n) is 3.18. The summed E-state index contributed by atoms with van der Waals surface area (Å²) >= 11 is 0. The van der Waals surface area contributed by atoms with Gasteiger partial charge in [-0.25, -0.2) is 0 Å². The Morgan fingerprint density at radius 2 is 1.20 bits per heavy atom. The molecule has 0 N–H and O–H groups in total. The van der Waals surface area contributed by atoms with Gasteiger partial charge in [-0.05, 0) is 51.0 Å². The number of ketones is 1. The van der Waals surface area contributed by atoms with E-state index in [2.05, 4.69) is 0 Å². The molecule has 0 saturated heterocycles. The summed E-state index contributed by atoms with van der Waals surface area (Å²) in [5.41, 5.74) is 1.95. The van der Waals surface area contributed by atoms with Crippen LogP contribution >= 0.6 is 0 Å². The first kappa shape index (κ1) is 16.7. The van der Waals surface area contributed by atoms with Crippen molar-refractivity contribution in [1.82, 2.24) is 0 Å². The van der Waals surface area contributed by atoms with Gasteiger partial charge in [0.25, 0.3) is 0 Å². The summed E-state index contributed by atoms with van der Waals surface area (Å²) in [5, 5.41) is 0. The normalized spacial score (nSPS) is 13.3. The zero-order valence-electron chi connectivity index (χ0n) is 9.73. The van der Waals surface area contributed by atoms with Crippen LogP contribution in [0.2, 0.25) is 0 Å². The van der Waals surface area contributed by atoms with Gasteiger partial charge >= 0.3 is 0 Å². The zero-order valence-corrected chi connectivity index (χ0v) is 11.5. The first-order valence-electron chi connectivity index (χ1n) is 4.76. The largest absolute Gasteiger partial charge is 0.290 e. The summed E-state index contributed by atoms with van der Waals surface area (Å²) in [6.45, 7) is 7.69. The maximum atomic E-state index is 11.4. The predicted octanol–water partition coefficient (Wildman–Crippen LogP) is 3.60. The summed E-state index contributed by atoms with van der Waals surface area (Å²) in [6, 6.07) is 0. The van der Waals surface area contributed by atoms with Crippen LogP contribution in [-0.2, 0) is 24.3 Å². The predicted molar refractivity (Wildman–Crippen MR) is 62.1 cm³/mol. The fraction of sp³-hybridized carbons (Fsp3) is 0.308. The summed E-state index contributed by atoms with van der Waals surface area (Å²) in [7, 11) is 0. The smallest absolute Gasteiger partial charge is 0.179 e. The van der Waals surface area contributed by atoms with Gasteiger partial charge in [0.15, 0.2) is 5.78 Å². The zero-order chi connectivity index (χ0) is 11.0. The minimum absolute atomic E-state index is 0. The van der Waals surface area contributed by atoms with E-state index >= 15 is 0 Å². The standard InChI is InChI=1S/C13H18O.Ru/c1-5-7-11(3)9-13(14)10-12(4)8-6-2;/h5-10H,1-4H3;. The summed E-state index contributed by atoms with van der Waals surface area (Å²) in [5.74, 6) is 0.0381. The van der Waals surface area contributed by atoms with Gasteiger partial charge in [-0.2, -0.15) is 0 Å². The fourth-order valence-corrected chi connectivity index (χ4v) is 1.11. The molecule has 0 spiro atoms. The molecule has 0 radical (unpaired) electrons. The van der Waals surface area contributed by atoms with E-state index in [4.69, 9.17) is 0 Å². The van der Waals surface area contributed by atoms with Crippen molar-refractivity contribution in [3.8, 4) is 0 Å². The number of carbonyl (C=O) groups excluding carboxylic acids is 1. The van der Waals surface area contributed by atoms with E-state index in [1.807, 2.05) is 52.0 Å². The molecule has 84 valence electrons. The first-order valence-corrected chi connectivity index (χ1v) is 4.76. The maximum absolute atomic E-state index is 11.4. The van der Waals surface area contributed by atoms with Gasteiger partial charge in [-0.3, -0.25) is 4.79 Å². The molecule has 0 aliphatic heterocycles. The van der Waals surface area contributed by atoms with Crippen LogP contribution in [0.5, 0.6) is 0 Å². The Balaban J connectivity index is 0. The van der Waals surface area contributed by atoms with E-state index in [1.54, 1.807) is 12.2 Å². The third-order valence-corrected chi connectivity index (χ3v) is 1.60. The third kappa shape index (κ3) is 9.56. The number of hydrogen-bond donors (Lipinski definition) is 0. The monoisotopic (exact) mass is 292 g/mol. The van der Waals surface area contributed by atoms with Gasteiger partial charge < -0.3 is 0 Å². The van der Waals surface area contributed by atoms with E-state index < -0.39 is 0 Å². The van der Waals surface area contributed by atoms with Crippen LogP contribution in [0.1, 0.15) is 27.7 Å². The first-order chi connectivity index (χ1) is 6.60. The van der Waals surface area contributed by atoms with Gasteiger partial charge in [0, 0.05) is 19.5 Å². The number of allylic oxidation sites excluding steroid dienone is 8. The average molecular weight is 291 g/mol. The molecule has 0 aromatic heterocycles. The number of carbonyl (C=O) groups is 1. The van der Waals surface area contributed by atoms with E-state index in [0.29, 0.717) is 0 Å². The van der Waals surface area contributed by atoms with E-state index in [0.717, 1.165) is 11.1 Å². The van der Waals surface area contributed by atoms with Crippen LogP contribution in [-0.4, -0.2) is 5.78 Å². The SMILES string of the molecule is CC=CC(C)=CC(=O)C=C(C)C=CC.[Ru]. The van der Waals surface area contributed by atoms with E-state index in [9.17, 15) is 4.79 Å². The van der Waals surface area contributed by atoms with Crippen molar-refractivity contribution in [3.05, 3.63) is 47.6 Å². The second-order valence-corrected chi connectivity index (χ2v) is 3.18. The molecular weight excluding hydrogens is 273 g/mol. The molecular formula is C13H18ORu. The molecule has 0 atom stereocenters. The van der Waals surface area contributed by atoms with Crippen molar-refractivity contribution in [1.29, 1.82) is 0 Å². The molecule has 0 aliphatic carbocycles. The summed E-state index contributed by atoms with van der Waals surface area (Å²) in [6.07, 6.45) is 10.9. The van der Waals surface area contributed by atoms with E-state index in [1.165, 1.54) is 0 Å². The van der Waals surface area contributed by atoms with Crippen molar-refractivity contribution >= 4 is 5.78 Å². The van der Waals surface area contributed by atoms with Crippen LogP contribution in [0.3, 0.4) is 0 Å². The molecule has 0 saturated carbocycles. The van der Waals surface area contributed by atoms with E-state index in [-0.39, 0.29) is 25.3 Å². The van der Waals surface area contributed by atoms with Crippen molar-refractivity contribution < 1.29 is 24.3 Å². The second kappa shape index (κ2) is 9.79. The molecule has 0 bridgehead atoms. The van der Waals surface area contributed by atoms with Crippen LogP contribution in [0, 0.1) is 0 Å². The molecule has 1 nitrogen and oxygen atoms in total. The number of hydrogen-bond acceptors (Lipinski definition) is 1. The molecule has 2 heteroatoms. The Kier molecular flexibility index (Phi) is 10.9. The Bertz CT molecular complexity index is 276. The van der Waals surface area contributed by atoms with Gasteiger partial charge in [0.2, 0.25) is 0 Å². The third-order valence-electron chi connectivity index (χ3n) is 1.60. The molecule has 0 amide bonds. The fourth-order valence-electron chi connectivity index (χ4n) is 1.11. The molecule has 0 unspecified atom stereocenters. The van der Waals surface area contributed by atoms with Crippen LogP contribution in [0.15, 0.2) is 47.6 Å². The minimum atomic E-state index is 0. The molecule has 0 aromatic carbocycles. The number of rotatable bonds is 4. The van der Waals surface area contributed by atoms with Crippen molar-refractivity contribution in [2.45, 2.75) is 27.7 Å². The Hall–Kier alpha value is -0.747. The molecule has 15 heavy (non-hydrogen) atoms. The van der Waals surface area contributed by atoms with Crippen molar-refractivity contribution in [2.24, 2.45) is 0 Å². The molecule has 0 aromatic rings. The van der Waals surface area contributed by atoms with Gasteiger partial charge in [-0.1, -0.05) is 24.3 Å². The minimum Gasteiger partial charge on any atom is -0.290 e. The Labute approximate surface area is 105 Å². The summed E-state index contributed by atoms with van der Waals surface area (Å²) in [4.78, 5) is 11.4. The molecule has 0 rings (SSSR count). The summed E-state index contributed by atoms with van der Waals surface area (Å²) < 4.78 is 0. The van der Waals surface area contributed by atoms with Gasteiger partial charge in [0.05, 0.1) is 0 Å². The Morgan fingerprint density at radius 3 is 1.47 bits per heavy atom. The van der Waals surface area contributed by atoms with Crippen molar-refractivity contribution in [2.75, 3.05) is 0 Å². The maximum Gasteiger partial charge on any atom is 0.179 e. The van der Waals surface area contributed by atoms with Crippen molar-refractivity contribution in [3.63, 3.8) is 0 Å². The van der Waals surface area contributed by atoms with Gasteiger partial charge in [0.1, 0.15) is 0 Å².